The van der Waals surface area contributed by atoms with Gasteiger partial charge in [-0.25, -0.2) is 0 Å². The second-order valence-electron chi connectivity index (χ2n) is 5.42. The zero-order chi connectivity index (χ0) is 13.5. The van der Waals surface area contributed by atoms with Crippen LogP contribution in [-0.2, 0) is 0 Å². The second kappa shape index (κ2) is 7.83. The van der Waals surface area contributed by atoms with Gasteiger partial charge in [-0.3, -0.25) is 0 Å². The summed E-state index contributed by atoms with van der Waals surface area (Å²) in [6.45, 7) is 9.64. The second-order valence-corrected chi connectivity index (χ2v) is 6.21. The largest absolute Gasteiger partial charge is 0.493 e. The number of halogens is 1. The normalized spacial score (nSPS) is 12.8. The van der Waals surface area contributed by atoms with Crippen LogP contribution < -0.4 is 4.74 Å². The summed E-state index contributed by atoms with van der Waals surface area (Å²) in [5.41, 5.74) is 2.58. The molecule has 1 aromatic carbocycles. The highest BCUT2D eigenvalue weighted by molar-refractivity contribution is 9.09. The van der Waals surface area contributed by atoms with E-state index in [9.17, 15) is 0 Å². The third-order valence-corrected chi connectivity index (χ3v) is 3.72. The minimum absolute atomic E-state index is 0.514. The molecule has 102 valence electrons. The van der Waals surface area contributed by atoms with Gasteiger partial charge in [-0.05, 0) is 48.8 Å². The maximum absolute atomic E-state index is 5.98. The predicted octanol–water partition coefficient (Wildman–Crippen LogP) is 5.31. The SMILES string of the molecule is Cc1ccc(C(C)C)c(OCCC(C)CCBr)c1. The van der Waals surface area contributed by atoms with Crippen molar-refractivity contribution >= 4 is 15.9 Å². The Balaban J connectivity index is 2.58. The van der Waals surface area contributed by atoms with Crippen molar-refractivity contribution < 1.29 is 4.74 Å². The Kier molecular flexibility index (Phi) is 6.77. The van der Waals surface area contributed by atoms with Crippen molar-refractivity contribution in [2.24, 2.45) is 5.92 Å². The Bertz CT molecular complexity index is 360. The molecule has 0 aliphatic rings. The molecule has 0 aliphatic carbocycles. The molecule has 2 heteroatoms. The van der Waals surface area contributed by atoms with Crippen LogP contribution in [0.15, 0.2) is 18.2 Å². The molecular weight excluding hydrogens is 288 g/mol. The van der Waals surface area contributed by atoms with E-state index in [4.69, 9.17) is 4.74 Å². The lowest BCUT2D eigenvalue weighted by Crippen LogP contribution is -2.06. The molecule has 0 radical (unpaired) electrons. The quantitative estimate of drug-likeness (QED) is 0.620. The van der Waals surface area contributed by atoms with E-state index in [-0.39, 0.29) is 0 Å². The van der Waals surface area contributed by atoms with Crippen LogP contribution in [0.4, 0.5) is 0 Å². The van der Waals surface area contributed by atoms with E-state index >= 15 is 0 Å². The molecule has 0 spiro atoms. The van der Waals surface area contributed by atoms with E-state index in [2.05, 4.69) is 61.8 Å². The summed E-state index contributed by atoms with van der Waals surface area (Å²) < 4.78 is 5.98. The first-order valence-electron chi connectivity index (χ1n) is 6.84. The third-order valence-electron chi connectivity index (χ3n) is 3.26. The van der Waals surface area contributed by atoms with Gasteiger partial charge in [0.15, 0.2) is 0 Å². The van der Waals surface area contributed by atoms with Gasteiger partial charge in [0.2, 0.25) is 0 Å². The molecule has 0 amide bonds. The van der Waals surface area contributed by atoms with E-state index in [0.29, 0.717) is 5.92 Å². The summed E-state index contributed by atoms with van der Waals surface area (Å²) in [5.74, 6) is 2.30. The number of alkyl halides is 1. The van der Waals surface area contributed by atoms with Crippen molar-refractivity contribution in [3.63, 3.8) is 0 Å². The van der Waals surface area contributed by atoms with Gasteiger partial charge in [0, 0.05) is 5.33 Å². The summed E-state index contributed by atoms with van der Waals surface area (Å²) in [6.07, 6.45) is 2.34. The maximum Gasteiger partial charge on any atom is 0.122 e. The highest BCUT2D eigenvalue weighted by Crippen LogP contribution is 2.27. The monoisotopic (exact) mass is 312 g/mol. The minimum atomic E-state index is 0.514. The Hall–Kier alpha value is -0.500. The number of ether oxygens (including phenoxy) is 1. The average Bonchev–Trinajstić information content (AvgIpc) is 2.29. The van der Waals surface area contributed by atoms with Gasteiger partial charge in [-0.2, -0.15) is 0 Å². The molecule has 0 aliphatic heterocycles. The lowest BCUT2D eigenvalue weighted by molar-refractivity contribution is 0.279. The number of benzene rings is 1. The minimum Gasteiger partial charge on any atom is -0.493 e. The molecule has 0 bridgehead atoms. The molecule has 1 unspecified atom stereocenters. The molecule has 1 nitrogen and oxygen atoms in total. The molecule has 0 N–H and O–H groups in total. The van der Waals surface area contributed by atoms with Gasteiger partial charge < -0.3 is 4.74 Å². The van der Waals surface area contributed by atoms with Crippen LogP contribution in [0.5, 0.6) is 5.75 Å². The van der Waals surface area contributed by atoms with Gasteiger partial charge in [0.1, 0.15) is 5.75 Å². The topological polar surface area (TPSA) is 9.23 Å². The number of rotatable bonds is 7. The molecule has 1 rings (SSSR count). The maximum atomic E-state index is 5.98. The Morgan fingerprint density at radius 3 is 2.50 bits per heavy atom. The number of hydrogen-bond donors (Lipinski definition) is 0. The summed E-state index contributed by atoms with van der Waals surface area (Å²) in [6, 6.07) is 6.51. The van der Waals surface area contributed by atoms with Crippen LogP contribution in [0.25, 0.3) is 0 Å². The van der Waals surface area contributed by atoms with Gasteiger partial charge in [0.05, 0.1) is 6.61 Å². The first kappa shape index (κ1) is 15.6. The van der Waals surface area contributed by atoms with Crippen LogP contribution in [0.3, 0.4) is 0 Å². The molecular formula is C16H25BrO. The van der Waals surface area contributed by atoms with E-state index in [1.807, 2.05) is 0 Å². The highest BCUT2D eigenvalue weighted by Gasteiger charge is 2.09. The van der Waals surface area contributed by atoms with Gasteiger partial charge in [-0.1, -0.05) is 48.8 Å². The highest BCUT2D eigenvalue weighted by atomic mass is 79.9. The lowest BCUT2D eigenvalue weighted by Gasteiger charge is -2.16. The van der Waals surface area contributed by atoms with E-state index in [0.717, 1.165) is 30.0 Å². The molecule has 0 heterocycles. The first-order valence-corrected chi connectivity index (χ1v) is 7.96. The summed E-state index contributed by atoms with van der Waals surface area (Å²) >= 11 is 3.49. The Morgan fingerprint density at radius 1 is 1.17 bits per heavy atom. The molecule has 0 saturated heterocycles. The zero-order valence-electron chi connectivity index (χ0n) is 12.0. The van der Waals surface area contributed by atoms with Crippen LogP contribution in [-0.4, -0.2) is 11.9 Å². The van der Waals surface area contributed by atoms with Crippen molar-refractivity contribution in [1.29, 1.82) is 0 Å². The first-order chi connectivity index (χ1) is 8.54. The smallest absolute Gasteiger partial charge is 0.122 e. The van der Waals surface area contributed by atoms with Crippen molar-refractivity contribution in [1.82, 2.24) is 0 Å². The molecule has 18 heavy (non-hydrogen) atoms. The summed E-state index contributed by atoms with van der Waals surface area (Å²) in [5, 5.41) is 1.08. The predicted molar refractivity (Wildman–Crippen MR) is 83.0 cm³/mol. The van der Waals surface area contributed by atoms with Crippen LogP contribution in [0, 0.1) is 12.8 Å². The molecule has 0 aromatic heterocycles. The van der Waals surface area contributed by atoms with Crippen molar-refractivity contribution in [2.75, 3.05) is 11.9 Å². The Morgan fingerprint density at radius 2 is 1.89 bits per heavy atom. The molecule has 1 aromatic rings. The van der Waals surface area contributed by atoms with Crippen LogP contribution in [0.2, 0.25) is 0 Å². The average molecular weight is 313 g/mol. The molecule has 1 atom stereocenters. The molecule has 0 fully saturated rings. The van der Waals surface area contributed by atoms with Crippen molar-refractivity contribution in [3.8, 4) is 5.75 Å². The molecule has 0 saturated carbocycles. The fourth-order valence-corrected chi connectivity index (χ4v) is 2.73. The summed E-state index contributed by atoms with van der Waals surface area (Å²) in [7, 11) is 0. The van der Waals surface area contributed by atoms with Crippen LogP contribution >= 0.6 is 15.9 Å². The number of hydrogen-bond acceptors (Lipinski definition) is 1. The third kappa shape index (κ3) is 5.01. The fraction of sp³-hybridized carbons (Fsp3) is 0.625. The standard InChI is InChI=1S/C16H25BrO/c1-12(2)15-6-5-14(4)11-16(15)18-10-8-13(3)7-9-17/h5-6,11-13H,7-10H2,1-4H3. The van der Waals surface area contributed by atoms with Gasteiger partial charge >= 0.3 is 0 Å². The van der Waals surface area contributed by atoms with E-state index in [1.54, 1.807) is 0 Å². The number of aryl methyl sites for hydroxylation is 1. The van der Waals surface area contributed by atoms with Gasteiger partial charge in [-0.15, -0.1) is 0 Å². The van der Waals surface area contributed by atoms with Crippen molar-refractivity contribution in [3.05, 3.63) is 29.3 Å². The van der Waals surface area contributed by atoms with Gasteiger partial charge in [0.25, 0.3) is 0 Å². The van der Waals surface area contributed by atoms with Crippen LogP contribution in [0.1, 0.15) is 50.7 Å². The van der Waals surface area contributed by atoms with E-state index in [1.165, 1.54) is 17.5 Å². The lowest BCUT2D eigenvalue weighted by atomic mass is 10.0. The Labute approximate surface area is 120 Å². The van der Waals surface area contributed by atoms with E-state index < -0.39 is 0 Å². The summed E-state index contributed by atoms with van der Waals surface area (Å²) in [4.78, 5) is 0. The van der Waals surface area contributed by atoms with Crippen molar-refractivity contribution in [2.45, 2.75) is 46.5 Å². The fourth-order valence-electron chi connectivity index (χ4n) is 1.94. The zero-order valence-corrected chi connectivity index (χ0v) is 13.6.